The Morgan fingerprint density at radius 3 is 2.83 bits per heavy atom. The van der Waals surface area contributed by atoms with E-state index in [0.29, 0.717) is 18.2 Å². The molecule has 2 aliphatic heterocycles. The Morgan fingerprint density at radius 1 is 1.22 bits per heavy atom. The predicted octanol–water partition coefficient (Wildman–Crippen LogP) is 1.83. The quantitative estimate of drug-likeness (QED) is 0.851. The lowest BCUT2D eigenvalue weighted by molar-refractivity contribution is -0.136. The molecule has 2 saturated heterocycles. The molecule has 2 aliphatic rings. The highest BCUT2D eigenvalue weighted by Gasteiger charge is 2.30. The molecule has 0 aliphatic carbocycles. The second-order valence-corrected chi connectivity index (χ2v) is 6.29. The van der Waals surface area contributed by atoms with Crippen LogP contribution in [-0.4, -0.2) is 54.5 Å². The van der Waals surface area contributed by atoms with E-state index in [1.807, 2.05) is 29.2 Å². The minimum absolute atomic E-state index is 0.0660. The Bertz CT molecular complexity index is 579. The van der Waals surface area contributed by atoms with Crippen LogP contribution < -0.4 is 4.74 Å². The molecule has 1 amide bonds. The van der Waals surface area contributed by atoms with Gasteiger partial charge in [0, 0.05) is 25.7 Å². The number of nitriles is 1. The van der Waals surface area contributed by atoms with Crippen molar-refractivity contribution in [2.24, 2.45) is 0 Å². The van der Waals surface area contributed by atoms with Crippen LogP contribution in [0.1, 0.15) is 24.8 Å². The monoisotopic (exact) mass is 313 g/mol. The second kappa shape index (κ2) is 7.47. The number of hydrogen-bond acceptors (Lipinski definition) is 4. The summed E-state index contributed by atoms with van der Waals surface area (Å²) in [6.07, 6.45) is 4.15. The molecular weight excluding hydrogens is 290 g/mol. The van der Waals surface area contributed by atoms with Gasteiger partial charge in [0.2, 0.25) is 0 Å². The predicted molar refractivity (Wildman–Crippen MR) is 87.0 cm³/mol. The number of nitrogens with zero attached hydrogens (tertiary/aromatic N) is 3. The summed E-state index contributed by atoms with van der Waals surface area (Å²) >= 11 is 0. The number of piperidine rings is 1. The maximum absolute atomic E-state index is 12.4. The molecule has 1 aromatic rings. The lowest BCUT2D eigenvalue weighted by Gasteiger charge is -2.43. The molecule has 0 spiro atoms. The van der Waals surface area contributed by atoms with Crippen LogP contribution in [0.15, 0.2) is 24.3 Å². The molecule has 0 aromatic heterocycles. The molecule has 5 nitrogen and oxygen atoms in total. The highest BCUT2D eigenvalue weighted by Crippen LogP contribution is 2.21. The molecule has 0 unspecified atom stereocenters. The Kier molecular flexibility index (Phi) is 5.14. The molecule has 1 aromatic carbocycles. The van der Waals surface area contributed by atoms with Crippen molar-refractivity contribution in [3.8, 4) is 11.8 Å². The van der Waals surface area contributed by atoms with Crippen LogP contribution in [0.4, 0.5) is 0 Å². The first-order chi connectivity index (χ1) is 11.3. The molecule has 0 bridgehead atoms. The average molecular weight is 313 g/mol. The largest absolute Gasteiger partial charge is 0.484 e. The summed E-state index contributed by atoms with van der Waals surface area (Å²) in [5.41, 5.74) is 0.958. The fourth-order valence-corrected chi connectivity index (χ4v) is 3.41. The lowest BCUT2D eigenvalue weighted by atomic mass is 9.99. The number of benzene rings is 1. The van der Waals surface area contributed by atoms with Gasteiger partial charge in [0.15, 0.2) is 6.61 Å². The smallest absolute Gasteiger partial charge is 0.260 e. The van der Waals surface area contributed by atoms with Crippen LogP contribution in [0.5, 0.6) is 5.75 Å². The van der Waals surface area contributed by atoms with E-state index in [4.69, 9.17) is 10.00 Å². The summed E-state index contributed by atoms with van der Waals surface area (Å²) in [4.78, 5) is 16.8. The number of hydrogen-bond donors (Lipinski definition) is 0. The first-order valence-electron chi connectivity index (χ1n) is 8.37. The van der Waals surface area contributed by atoms with Gasteiger partial charge in [-0.05, 0) is 37.1 Å². The number of piperazine rings is 1. The van der Waals surface area contributed by atoms with Gasteiger partial charge in [-0.25, -0.2) is 0 Å². The highest BCUT2D eigenvalue weighted by molar-refractivity contribution is 5.78. The molecule has 0 radical (unpaired) electrons. The SMILES string of the molecule is N#CCc1ccc(OCC(=O)N2CCN3CCCC[C@@H]3C2)cc1. The van der Waals surface area contributed by atoms with Crippen molar-refractivity contribution in [2.45, 2.75) is 31.7 Å². The van der Waals surface area contributed by atoms with Crippen LogP contribution in [0.3, 0.4) is 0 Å². The number of rotatable bonds is 4. The van der Waals surface area contributed by atoms with E-state index in [2.05, 4.69) is 11.0 Å². The minimum atomic E-state index is 0.0660. The topological polar surface area (TPSA) is 56.6 Å². The van der Waals surface area contributed by atoms with E-state index >= 15 is 0 Å². The zero-order chi connectivity index (χ0) is 16.1. The third kappa shape index (κ3) is 4.02. The maximum Gasteiger partial charge on any atom is 0.260 e. The van der Waals surface area contributed by atoms with Crippen LogP contribution in [0, 0.1) is 11.3 Å². The van der Waals surface area contributed by atoms with Gasteiger partial charge in [0.1, 0.15) is 5.75 Å². The second-order valence-electron chi connectivity index (χ2n) is 6.29. The summed E-state index contributed by atoms with van der Waals surface area (Å²) < 4.78 is 5.60. The number of carbonyl (C=O) groups is 1. The van der Waals surface area contributed by atoms with E-state index in [1.165, 1.54) is 25.8 Å². The average Bonchev–Trinajstić information content (AvgIpc) is 2.60. The van der Waals surface area contributed by atoms with E-state index in [1.54, 1.807) is 0 Å². The fourth-order valence-electron chi connectivity index (χ4n) is 3.41. The minimum Gasteiger partial charge on any atom is -0.484 e. The third-order valence-corrected chi connectivity index (χ3v) is 4.76. The van der Waals surface area contributed by atoms with Gasteiger partial charge in [-0.1, -0.05) is 18.6 Å². The molecule has 23 heavy (non-hydrogen) atoms. The molecule has 122 valence electrons. The normalized spacial score (nSPS) is 21.3. The standard InChI is InChI=1S/C18H23N3O2/c19-9-8-15-4-6-17(7-5-15)23-14-18(22)21-12-11-20-10-2-1-3-16(20)13-21/h4-7,16H,1-3,8,10-14H2/t16-/m1/s1. The van der Waals surface area contributed by atoms with Gasteiger partial charge < -0.3 is 9.64 Å². The van der Waals surface area contributed by atoms with E-state index in [0.717, 1.165) is 25.2 Å². The molecule has 3 rings (SSSR count). The summed E-state index contributed by atoms with van der Waals surface area (Å²) in [5, 5.41) is 8.66. The Morgan fingerprint density at radius 2 is 2.04 bits per heavy atom. The summed E-state index contributed by atoms with van der Waals surface area (Å²) in [6, 6.07) is 10.0. The molecule has 1 atom stereocenters. The van der Waals surface area contributed by atoms with Gasteiger partial charge in [0.25, 0.3) is 5.91 Å². The van der Waals surface area contributed by atoms with E-state index in [9.17, 15) is 4.79 Å². The van der Waals surface area contributed by atoms with Crippen molar-refractivity contribution in [1.29, 1.82) is 5.26 Å². The van der Waals surface area contributed by atoms with Crippen LogP contribution in [-0.2, 0) is 11.2 Å². The maximum atomic E-state index is 12.4. The number of ether oxygens (including phenoxy) is 1. The van der Waals surface area contributed by atoms with Gasteiger partial charge in [-0.2, -0.15) is 5.26 Å². The molecule has 0 N–H and O–H groups in total. The molecular formula is C18H23N3O2. The Hall–Kier alpha value is -2.06. The molecule has 2 heterocycles. The van der Waals surface area contributed by atoms with Crippen molar-refractivity contribution in [2.75, 3.05) is 32.8 Å². The number of amides is 1. The Balaban J connectivity index is 1.48. The molecule has 2 fully saturated rings. The number of carbonyl (C=O) groups excluding carboxylic acids is 1. The van der Waals surface area contributed by atoms with E-state index in [-0.39, 0.29) is 12.5 Å². The summed E-state index contributed by atoms with van der Waals surface area (Å²) in [6.45, 7) is 3.89. The third-order valence-electron chi connectivity index (χ3n) is 4.76. The van der Waals surface area contributed by atoms with Crippen molar-refractivity contribution in [1.82, 2.24) is 9.80 Å². The van der Waals surface area contributed by atoms with Crippen molar-refractivity contribution >= 4 is 5.91 Å². The van der Waals surface area contributed by atoms with Crippen LogP contribution in [0.25, 0.3) is 0 Å². The van der Waals surface area contributed by atoms with Gasteiger partial charge >= 0.3 is 0 Å². The van der Waals surface area contributed by atoms with E-state index < -0.39 is 0 Å². The molecule has 5 heteroatoms. The fraction of sp³-hybridized carbons (Fsp3) is 0.556. The van der Waals surface area contributed by atoms with Crippen LogP contribution in [0.2, 0.25) is 0 Å². The van der Waals surface area contributed by atoms with Gasteiger partial charge in [0.05, 0.1) is 12.5 Å². The van der Waals surface area contributed by atoms with Crippen molar-refractivity contribution in [3.63, 3.8) is 0 Å². The molecule has 0 saturated carbocycles. The lowest BCUT2D eigenvalue weighted by Crippen LogP contribution is -2.56. The first kappa shape index (κ1) is 15.8. The van der Waals surface area contributed by atoms with Gasteiger partial charge in [-0.15, -0.1) is 0 Å². The zero-order valence-corrected chi connectivity index (χ0v) is 13.4. The Labute approximate surface area is 137 Å². The van der Waals surface area contributed by atoms with Crippen LogP contribution >= 0.6 is 0 Å². The van der Waals surface area contributed by atoms with Gasteiger partial charge in [-0.3, -0.25) is 9.69 Å². The summed E-state index contributed by atoms with van der Waals surface area (Å²) in [5.74, 6) is 0.743. The zero-order valence-electron chi connectivity index (χ0n) is 13.4. The first-order valence-corrected chi connectivity index (χ1v) is 8.37. The number of fused-ring (bicyclic) bond motifs is 1. The highest BCUT2D eigenvalue weighted by atomic mass is 16.5. The summed E-state index contributed by atoms with van der Waals surface area (Å²) in [7, 11) is 0. The van der Waals surface area contributed by atoms with Crippen molar-refractivity contribution < 1.29 is 9.53 Å². The van der Waals surface area contributed by atoms with Crippen molar-refractivity contribution in [3.05, 3.63) is 29.8 Å².